The predicted octanol–water partition coefficient (Wildman–Crippen LogP) is 3.62. The zero-order valence-corrected chi connectivity index (χ0v) is 14.2. The summed E-state index contributed by atoms with van der Waals surface area (Å²) in [4.78, 5) is 21.5. The summed E-state index contributed by atoms with van der Waals surface area (Å²) in [6.45, 7) is 1.25. The maximum atomic E-state index is 13.0. The summed E-state index contributed by atoms with van der Waals surface area (Å²) in [5, 5.41) is 12.4. The van der Waals surface area contributed by atoms with Crippen LogP contribution in [0, 0.1) is 0 Å². The molecule has 0 bridgehead atoms. The number of nitrogens with one attached hydrogen (secondary N) is 1. The van der Waals surface area contributed by atoms with Gasteiger partial charge in [-0.3, -0.25) is 4.79 Å². The standard InChI is InChI=1S/C16H16F2N4O2S/c1-10(2-3-14(23)24)12-7-20-15(25-12)21-13-6-11(4-5-19-13)22-8-16(17,18)9-22/h2,4-7H,3,8-9H2,1H3,(H,23,24)(H,19,20,21)/b10-2+. The first-order chi connectivity index (χ1) is 11.8. The summed E-state index contributed by atoms with van der Waals surface area (Å²) < 4.78 is 26.0. The number of anilines is 3. The Bertz CT molecular complexity index is 814. The number of halogens is 2. The van der Waals surface area contributed by atoms with Gasteiger partial charge in [0.2, 0.25) is 0 Å². The first-order valence-corrected chi connectivity index (χ1v) is 8.35. The number of thiazole rings is 1. The molecule has 2 N–H and O–H groups in total. The first-order valence-electron chi connectivity index (χ1n) is 7.53. The molecule has 25 heavy (non-hydrogen) atoms. The maximum absolute atomic E-state index is 13.0. The number of carbonyl (C=O) groups is 1. The Morgan fingerprint density at radius 2 is 2.24 bits per heavy atom. The topological polar surface area (TPSA) is 78.3 Å². The summed E-state index contributed by atoms with van der Waals surface area (Å²) in [7, 11) is 0. The number of alkyl halides is 2. The highest BCUT2D eigenvalue weighted by molar-refractivity contribution is 7.16. The minimum atomic E-state index is -2.62. The van der Waals surface area contributed by atoms with Crippen LogP contribution in [0.2, 0.25) is 0 Å². The van der Waals surface area contributed by atoms with E-state index in [1.807, 2.05) is 6.92 Å². The molecule has 1 aliphatic rings. The van der Waals surface area contributed by atoms with Crippen LogP contribution in [0.25, 0.3) is 5.57 Å². The molecular weight excluding hydrogens is 350 g/mol. The summed E-state index contributed by atoms with van der Waals surface area (Å²) in [5.74, 6) is -3.00. The number of pyridine rings is 1. The van der Waals surface area contributed by atoms with Crippen LogP contribution >= 0.6 is 11.3 Å². The largest absolute Gasteiger partial charge is 0.481 e. The van der Waals surface area contributed by atoms with Crippen molar-refractivity contribution in [3.05, 3.63) is 35.5 Å². The number of carboxylic acids is 1. The van der Waals surface area contributed by atoms with Crippen molar-refractivity contribution in [1.29, 1.82) is 0 Å². The third kappa shape index (κ3) is 4.30. The molecule has 1 fully saturated rings. The van der Waals surface area contributed by atoms with Gasteiger partial charge in [-0.25, -0.2) is 18.7 Å². The van der Waals surface area contributed by atoms with E-state index in [1.165, 1.54) is 11.3 Å². The van der Waals surface area contributed by atoms with Gasteiger partial charge in [0.05, 0.1) is 24.4 Å². The Labute approximate surface area is 146 Å². The molecule has 3 heterocycles. The van der Waals surface area contributed by atoms with Gasteiger partial charge < -0.3 is 15.3 Å². The van der Waals surface area contributed by atoms with Crippen LogP contribution in [0.3, 0.4) is 0 Å². The Hall–Kier alpha value is -2.55. The van der Waals surface area contributed by atoms with E-state index < -0.39 is 11.9 Å². The van der Waals surface area contributed by atoms with Crippen LogP contribution < -0.4 is 10.2 Å². The van der Waals surface area contributed by atoms with E-state index in [2.05, 4.69) is 15.3 Å². The zero-order valence-electron chi connectivity index (χ0n) is 13.4. The van der Waals surface area contributed by atoms with E-state index in [0.717, 1.165) is 10.5 Å². The molecule has 132 valence electrons. The second kappa shape index (κ2) is 6.75. The highest BCUT2D eigenvalue weighted by Gasteiger charge is 2.43. The van der Waals surface area contributed by atoms with Gasteiger partial charge >= 0.3 is 5.97 Å². The Morgan fingerprint density at radius 3 is 2.92 bits per heavy atom. The molecule has 0 unspecified atom stereocenters. The molecule has 0 saturated carbocycles. The highest BCUT2D eigenvalue weighted by Crippen LogP contribution is 2.33. The molecule has 6 nitrogen and oxygen atoms in total. The molecule has 3 rings (SSSR count). The van der Waals surface area contributed by atoms with Crippen LogP contribution in [0.5, 0.6) is 0 Å². The normalized spacial score (nSPS) is 16.4. The molecule has 1 aliphatic heterocycles. The second-order valence-electron chi connectivity index (χ2n) is 5.75. The Morgan fingerprint density at radius 1 is 1.48 bits per heavy atom. The van der Waals surface area contributed by atoms with Crippen LogP contribution in [-0.4, -0.2) is 40.1 Å². The molecule has 0 aliphatic carbocycles. The van der Waals surface area contributed by atoms with Crippen LogP contribution in [-0.2, 0) is 4.79 Å². The second-order valence-corrected chi connectivity index (χ2v) is 6.78. The molecular formula is C16H16F2N4O2S. The van der Waals surface area contributed by atoms with E-state index in [0.29, 0.717) is 16.6 Å². The molecule has 0 amide bonds. The van der Waals surface area contributed by atoms with E-state index in [-0.39, 0.29) is 19.5 Å². The van der Waals surface area contributed by atoms with Gasteiger partial charge in [-0.05, 0) is 18.6 Å². The lowest BCUT2D eigenvalue weighted by atomic mass is 10.1. The number of nitrogens with zero attached hydrogens (tertiary/aromatic N) is 3. The van der Waals surface area contributed by atoms with Gasteiger partial charge in [0.25, 0.3) is 5.92 Å². The lowest BCUT2D eigenvalue weighted by Gasteiger charge is -2.40. The lowest BCUT2D eigenvalue weighted by molar-refractivity contribution is -0.136. The Kier molecular flexibility index (Phi) is 4.67. The highest BCUT2D eigenvalue weighted by atomic mass is 32.1. The monoisotopic (exact) mass is 366 g/mol. The van der Waals surface area contributed by atoms with Crippen molar-refractivity contribution in [2.75, 3.05) is 23.3 Å². The SMILES string of the molecule is C/C(=C\CC(=O)O)c1cnc(Nc2cc(N3CC(F)(F)C3)ccn2)s1. The third-order valence-electron chi connectivity index (χ3n) is 3.67. The molecule has 2 aromatic rings. The molecule has 0 aromatic carbocycles. The number of hydrogen-bond donors (Lipinski definition) is 2. The van der Waals surface area contributed by atoms with E-state index in [1.54, 1.807) is 35.5 Å². The van der Waals surface area contributed by atoms with Crippen molar-refractivity contribution in [3.8, 4) is 0 Å². The van der Waals surface area contributed by atoms with Gasteiger partial charge in [0.15, 0.2) is 5.13 Å². The lowest BCUT2D eigenvalue weighted by Crippen LogP contribution is -2.56. The minimum Gasteiger partial charge on any atom is -0.481 e. The van der Waals surface area contributed by atoms with Crippen molar-refractivity contribution in [2.24, 2.45) is 0 Å². The molecule has 0 radical (unpaired) electrons. The van der Waals surface area contributed by atoms with Crippen LogP contribution in [0.4, 0.5) is 25.4 Å². The molecule has 9 heteroatoms. The fraction of sp³-hybridized carbons (Fsp3) is 0.312. The third-order valence-corrected chi connectivity index (χ3v) is 4.71. The fourth-order valence-corrected chi connectivity index (χ4v) is 3.16. The van der Waals surface area contributed by atoms with Crippen LogP contribution in [0.1, 0.15) is 18.2 Å². The summed E-state index contributed by atoms with van der Waals surface area (Å²) in [6.07, 6.45) is 4.79. The Balaban J connectivity index is 1.67. The van der Waals surface area contributed by atoms with Gasteiger partial charge in [-0.2, -0.15) is 0 Å². The number of carboxylic acid groups (broad SMARTS) is 1. The van der Waals surface area contributed by atoms with Gasteiger partial charge in [0.1, 0.15) is 5.82 Å². The average Bonchev–Trinajstić information content (AvgIpc) is 2.99. The molecule has 1 saturated heterocycles. The average molecular weight is 366 g/mol. The number of allylic oxidation sites excluding steroid dienone is 1. The minimum absolute atomic E-state index is 0.0451. The van der Waals surface area contributed by atoms with Gasteiger partial charge in [-0.15, -0.1) is 0 Å². The molecule has 2 aromatic heterocycles. The zero-order chi connectivity index (χ0) is 18.0. The number of rotatable bonds is 6. The summed E-state index contributed by atoms with van der Waals surface area (Å²) >= 11 is 1.36. The molecule has 0 spiro atoms. The van der Waals surface area contributed by atoms with E-state index in [9.17, 15) is 13.6 Å². The van der Waals surface area contributed by atoms with Crippen molar-refractivity contribution in [1.82, 2.24) is 9.97 Å². The maximum Gasteiger partial charge on any atom is 0.307 e. The molecule has 0 atom stereocenters. The van der Waals surface area contributed by atoms with E-state index >= 15 is 0 Å². The smallest absolute Gasteiger partial charge is 0.307 e. The van der Waals surface area contributed by atoms with Crippen LogP contribution in [0.15, 0.2) is 30.6 Å². The van der Waals surface area contributed by atoms with E-state index in [4.69, 9.17) is 5.11 Å². The predicted molar refractivity (Wildman–Crippen MR) is 92.7 cm³/mol. The van der Waals surface area contributed by atoms with Crippen molar-refractivity contribution in [2.45, 2.75) is 19.3 Å². The van der Waals surface area contributed by atoms with Crippen molar-refractivity contribution in [3.63, 3.8) is 0 Å². The first kappa shape index (κ1) is 17.3. The van der Waals surface area contributed by atoms with Gasteiger partial charge in [0, 0.05) is 24.1 Å². The fourth-order valence-electron chi connectivity index (χ4n) is 2.34. The number of aliphatic carboxylic acids is 1. The summed E-state index contributed by atoms with van der Waals surface area (Å²) in [6, 6.07) is 3.38. The quantitative estimate of drug-likeness (QED) is 0.813. The van der Waals surface area contributed by atoms with Crippen molar-refractivity contribution < 1.29 is 18.7 Å². The van der Waals surface area contributed by atoms with Gasteiger partial charge in [-0.1, -0.05) is 17.4 Å². The van der Waals surface area contributed by atoms with Crippen molar-refractivity contribution >= 4 is 39.5 Å². The number of hydrogen-bond acceptors (Lipinski definition) is 6. The number of aromatic nitrogens is 2. The summed E-state index contributed by atoms with van der Waals surface area (Å²) in [5.41, 5.74) is 1.51.